The molecule has 0 radical (unpaired) electrons. The van der Waals surface area contributed by atoms with Crippen LogP contribution in [0.5, 0.6) is 0 Å². The van der Waals surface area contributed by atoms with Crippen LogP contribution in [0.2, 0.25) is 0 Å². The standard InChI is InChI=1S/C23H20FN5O2/c24-15-4-9-19-14(10-15)11-20(31-19)23(30)28-17-7-5-16(6-8-17)26-21-2-1-3-22-27-18(12-25)13-29(21)22/h1-4,9-11,13,16-17,26H,5-8H2,(H,28,30). The first-order valence-electron chi connectivity index (χ1n) is 10.2. The van der Waals surface area contributed by atoms with Crippen LogP contribution in [0.15, 0.2) is 53.1 Å². The Bertz CT molecular complexity index is 1310. The minimum Gasteiger partial charge on any atom is -0.451 e. The minimum atomic E-state index is -0.360. The Labute approximate surface area is 177 Å². The molecular weight excluding hydrogens is 397 g/mol. The number of nitrogens with zero attached hydrogens (tertiary/aromatic N) is 3. The fourth-order valence-corrected chi connectivity index (χ4v) is 4.16. The maximum absolute atomic E-state index is 13.4. The quantitative estimate of drug-likeness (QED) is 0.518. The molecule has 1 amide bonds. The molecular formula is C23H20FN5O2. The number of benzene rings is 1. The highest BCUT2D eigenvalue weighted by atomic mass is 19.1. The molecule has 1 aliphatic carbocycles. The van der Waals surface area contributed by atoms with Crippen molar-refractivity contribution in [3.63, 3.8) is 0 Å². The number of fused-ring (bicyclic) bond motifs is 2. The number of furan rings is 1. The highest BCUT2D eigenvalue weighted by Gasteiger charge is 2.24. The zero-order valence-corrected chi connectivity index (χ0v) is 16.6. The fourth-order valence-electron chi connectivity index (χ4n) is 4.16. The van der Waals surface area contributed by atoms with Crippen molar-refractivity contribution in [3.05, 3.63) is 65.9 Å². The predicted molar refractivity (Wildman–Crippen MR) is 113 cm³/mol. The second kappa shape index (κ2) is 7.76. The van der Waals surface area contributed by atoms with Gasteiger partial charge in [-0.05, 0) is 62.1 Å². The van der Waals surface area contributed by atoms with Crippen molar-refractivity contribution in [3.8, 4) is 6.07 Å². The molecule has 0 atom stereocenters. The maximum atomic E-state index is 13.4. The lowest BCUT2D eigenvalue weighted by atomic mass is 9.91. The monoisotopic (exact) mass is 417 g/mol. The molecule has 0 saturated heterocycles. The molecule has 1 saturated carbocycles. The molecule has 1 fully saturated rings. The number of imidazole rings is 1. The van der Waals surface area contributed by atoms with Crippen LogP contribution in [0.1, 0.15) is 41.9 Å². The van der Waals surface area contributed by atoms with Crippen LogP contribution < -0.4 is 10.6 Å². The van der Waals surface area contributed by atoms with Gasteiger partial charge in [-0.3, -0.25) is 9.20 Å². The zero-order chi connectivity index (χ0) is 21.4. The Morgan fingerprint density at radius 1 is 1.16 bits per heavy atom. The Balaban J connectivity index is 1.20. The van der Waals surface area contributed by atoms with Gasteiger partial charge in [-0.15, -0.1) is 0 Å². The lowest BCUT2D eigenvalue weighted by Gasteiger charge is -2.30. The molecule has 0 aliphatic heterocycles. The second-order valence-electron chi connectivity index (χ2n) is 7.84. The number of nitrogens with one attached hydrogen (secondary N) is 2. The molecule has 3 aromatic heterocycles. The van der Waals surface area contributed by atoms with Gasteiger partial charge in [0.1, 0.15) is 28.9 Å². The number of pyridine rings is 1. The lowest BCUT2D eigenvalue weighted by molar-refractivity contribution is 0.0900. The van der Waals surface area contributed by atoms with E-state index in [9.17, 15) is 9.18 Å². The van der Waals surface area contributed by atoms with Crippen molar-refractivity contribution in [2.45, 2.75) is 37.8 Å². The second-order valence-corrected chi connectivity index (χ2v) is 7.84. The van der Waals surface area contributed by atoms with E-state index in [1.165, 1.54) is 18.2 Å². The van der Waals surface area contributed by atoms with Crippen molar-refractivity contribution < 1.29 is 13.6 Å². The summed E-state index contributed by atoms with van der Waals surface area (Å²) in [6.45, 7) is 0. The van der Waals surface area contributed by atoms with Crippen molar-refractivity contribution in [2.24, 2.45) is 0 Å². The number of anilines is 1. The number of carbonyl (C=O) groups is 1. The molecule has 3 heterocycles. The van der Waals surface area contributed by atoms with Crippen molar-refractivity contribution >= 4 is 28.3 Å². The summed E-state index contributed by atoms with van der Waals surface area (Å²) in [5.41, 5.74) is 1.61. The molecule has 8 heteroatoms. The molecule has 0 spiro atoms. The first-order chi connectivity index (χ1) is 15.1. The van der Waals surface area contributed by atoms with Gasteiger partial charge >= 0.3 is 0 Å². The summed E-state index contributed by atoms with van der Waals surface area (Å²) in [6.07, 6.45) is 5.19. The van der Waals surface area contributed by atoms with E-state index in [1.807, 2.05) is 22.6 Å². The normalized spacial score (nSPS) is 18.7. The third-order valence-electron chi connectivity index (χ3n) is 5.72. The molecule has 7 nitrogen and oxygen atoms in total. The first kappa shape index (κ1) is 19.1. The predicted octanol–water partition coefficient (Wildman–Crippen LogP) is 4.24. The van der Waals surface area contributed by atoms with Crippen LogP contribution in [0.4, 0.5) is 10.2 Å². The van der Waals surface area contributed by atoms with Crippen LogP contribution >= 0.6 is 0 Å². The van der Waals surface area contributed by atoms with E-state index in [2.05, 4.69) is 21.7 Å². The fraction of sp³-hybridized carbons (Fsp3) is 0.261. The van der Waals surface area contributed by atoms with Crippen LogP contribution in [0.3, 0.4) is 0 Å². The largest absolute Gasteiger partial charge is 0.451 e. The Kier molecular flexibility index (Phi) is 4.79. The van der Waals surface area contributed by atoms with E-state index in [4.69, 9.17) is 9.68 Å². The number of hydrogen-bond acceptors (Lipinski definition) is 5. The lowest BCUT2D eigenvalue weighted by Crippen LogP contribution is -2.40. The highest BCUT2D eigenvalue weighted by Crippen LogP contribution is 2.25. The van der Waals surface area contributed by atoms with Gasteiger partial charge in [0.15, 0.2) is 11.5 Å². The van der Waals surface area contributed by atoms with E-state index in [0.717, 1.165) is 37.1 Å². The van der Waals surface area contributed by atoms with Crippen molar-refractivity contribution in [1.82, 2.24) is 14.7 Å². The Morgan fingerprint density at radius 3 is 2.77 bits per heavy atom. The third kappa shape index (κ3) is 3.82. The Hall–Kier alpha value is -3.86. The summed E-state index contributed by atoms with van der Waals surface area (Å²) in [5, 5.41) is 16.2. The van der Waals surface area contributed by atoms with E-state index < -0.39 is 0 Å². The van der Waals surface area contributed by atoms with E-state index >= 15 is 0 Å². The van der Waals surface area contributed by atoms with Gasteiger partial charge in [0, 0.05) is 23.7 Å². The minimum absolute atomic E-state index is 0.0599. The number of amides is 1. The van der Waals surface area contributed by atoms with E-state index in [0.29, 0.717) is 16.7 Å². The molecule has 0 unspecified atom stereocenters. The number of hydrogen-bond donors (Lipinski definition) is 2. The molecule has 156 valence electrons. The van der Waals surface area contributed by atoms with Crippen LogP contribution in [-0.2, 0) is 0 Å². The van der Waals surface area contributed by atoms with Gasteiger partial charge in [0.05, 0.1) is 0 Å². The summed E-state index contributed by atoms with van der Waals surface area (Å²) in [6, 6.07) is 13.9. The van der Waals surface area contributed by atoms with Gasteiger partial charge in [0.25, 0.3) is 5.91 Å². The highest BCUT2D eigenvalue weighted by molar-refractivity contribution is 5.96. The number of nitriles is 1. The molecule has 0 bridgehead atoms. The summed E-state index contributed by atoms with van der Waals surface area (Å²) < 4.78 is 20.8. The number of rotatable bonds is 4. The van der Waals surface area contributed by atoms with E-state index in [1.54, 1.807) is 12.3 Å². The van der Waals surface area contributed by atoms with Gasteiger partial charge < -0.3 is 15.1 Å². The third-order valence-corrected chi connectivity index (χ3v) is 5.72. The summed E-state index contributed by atoms with van der Waals surface area (Å²) in [5.74, 6) is 0.455. The van der Waals surface area contributed by atoms with Gasteiger partial charge in [-0.2, -0.15) is 5.26 Å². The summed E-state index contributed by atoms with van der Waals surface area (Å²) in [4.78, 5) is 16.8. The Morgan fingerprint density at radius 2 is 1.97 bits per heavy atom. The molecule has 1 aliphatic rings. The van der Waals surface area contributed by atoms with Crippen LogP contribution in [-0.4, -0.2) is 27.4 Å². The van der Waals surface area contributed by atoms with Crippen molar-refractivity contribution in [2.75, 3.05) is 5.32 Å². The average molecular weight is 417 g/mol. The zero-order valence-electron chi connectivity index (χ0n) is 16.6. The van der Waals surface area contributed by atoms with Gasteiger partial charge in [-0.1, -0.05) is 6.07 Å². The molecule has 4 aromatic rings. The van der Waals surface area contributed by atoms with Crippen LogP contribution in [0.25, 0.3) is 16.6 Å². The van der Waals surface area contributed by atoms with Gasteiger partial charge in [0.2, 0.25) is 0 Å². The molecule has 2 N–H and O–H groups in total. The smallest absolute Gasteiger partial charge is 0.287 e. The SMILES string of the molecule is N#Cc1cn2c(NC3CCC(NC(=O)c4cc5cc(F)ccc5o4)CC3)cccc2n1. The first-order valence-corrected chi connectivity index (χ1v) is 10.2. The molecule has 31 heavy (non-hydrogen) atoms. The maximum Gasteiger partial charge on any atom is 0.287 e. The number of aromatic nitrogens is 2. The van der Waals surface area contributed by atoms with Crippen molar-refractivity contribution in [1.29, 1.82) is 5.26 Å². The van der Waals surface area contributed by atoms with E-state index in [-0.39, 0.29) is 29.6 Å². The topological polar surface area (TPSA) is 95.4 Å². The number of halogens is 1. The van der Waals surface area contributed by atoms with Gasteiger partial charge in [-0.25, -0.2) is 9.37 Å². The molecule has 5 rings (SSSR count). The summed E-state index contributed by atoms with van der Waals surface area (Å²) >= 11 is 0. The summed E-state index contributed by atoms with van der Waals surface area (Å²) in [7, 11) is 0. The molecule has 1 aromatic carbocycles. The number of carbonyl (C=O) groups excluding carboxylic acids is 1. The average Bonchev–Trinajstić information content (AvgIpc) is 3.39. The van der Waals surface area contributed by atoms with Crippen LogP contribution in [0, 0.1) is 17.1 Å².